The summed E-state index contributed by atoms with van der Waals surface area (Å²) in [7, 11) is 0. The molecule has 0 spiro atoms. The molecule has 0 radical (unpaired) electrons. The standard InChI is InChI=1S/C24H28ClFN2O2/c1-17-7-13-21(14-8-17)27-24(30)23(19-9-11-20(26)12-10-19)28(22(29)15-25)16-18-5-3-2-4-6-18/h2-6,9-12,17,21,23H,7-8,13-16H2,1H3,(H,27,30)/t17?,21?,23-/m0/s1. The van der Waals surface area contributed by atoms with E-state index in [1.807, 2.05) is 30.3 Å². The third kappa shape index (κ3) is 5.82. The fourth-order valence-electron chi connectivity index (χ4n) is 3.98. The Hall–Kier alpha value is -2.40. The first-order valence-electron chi connectivity index (χ1n) is 10.4. The van der Waals surface area contributed by atoms with Crippen molar-refractivity contribution in [1.82, 2.24) is 10.2 Å². The highest BCUT2D eigenvalue weighted by atomic mass is 35.5. The third-order valence-electron chi connectivity index (χ3n) is 5.74. The predicted molar refractivity (Wildman–Crippen MR) is 116 cm³/mol. The van der Waals surface area contributed by atoms with E-state index in [9.17, 15) is 14.0 Å². The van der Waals surface area contributed by atoms with Crippen LogP contribution in [0.25, 0.3) is 0 Å². The Bertz CT molecular complexity index is 836. The summed E-state index contributed by atoms with van der Waals surface area (Å²) >= 11 is 5.90. The smallest absolute Gasteiger partial charge is 0.247 e. The largest absolute Gasteiger partial charge is 0.351 e. The van der Waals surface area contributed by atoms with Crippen molar-refractivity contribution in [3.8, 4) is 0 Å². The van der Waals surface area contributed by atoms with Gasteiger partial charge in [-0.05, 0) is 54.9 Å². The zero-order valence-corrected chi connectivity index (χ0v) is 17.9. The van der Waals surface area contributed by atoms with Gasteiger partial charge in [-0.25, -0.2) is 4.39 Å². The highest BCUT2D eigenvalue weighted by molar-refractivity contribution is 6.27. The summed E-state index contributed by atoms with van der Waals surface area (Å²) in [6, 6.07) is 14.4. The summed E-state index contributed by atoms with van der Waals surface area (Å²) in [6.45, 7) is 2.46. The second-order valence-corrected chi connectivity index (χ2v) is 8.33. The van der Waals surface area contributed by atoms with Gasteiger partial charge >= 0.3 is 0 Å². The molecule has 2 aromatic rings. The van der Waals surface area contributed by atoms with Gasteiger partial charge in [-0.2, -0.15) is 0 Å². The lowest BCUT2D eigenvalue weighted by Crippen LogP contribution is -2.47. The summed E-state index contributed by atoms with van der Waals surface area (Å²) in [6.07, 6.45) is 3.98. The number of rotatable bonds is 7. The molecule has 1 N–H and O–H groups in total. The van der Waals surface area contributed by atoms with Gasteiger partial charge in [-0.15, -0.1) is 11.6 Å². The first-order chi connectivity index (χ1) is 14.5. The van der Waals surface area contributed by atoms with Crippen molar-refractivity contribution in [1.29, 1.82) is 0 Å². The van der Waals surface area contributed by atoms with Gasteiger partial charge in [-0.1, -0.05) is 49.4 Å². The van der Waals surface area contributed by atoms with E-state index in [1.54, 1.807) is 12.1 Å². The highest BCUT2D eigenvalue weighted by Crippen LogP contribution is 2.27. The van der Waals surface area contributed by atoms with Crippen molar-refractivity contribution in [2.75, 3.05) is 5.88 Å². The third-order valence-corrected chi connectivity index (χ3v) is 5.97. The molecule has 1 saturated carbocycles. The van der Waals surface area contributed by atoms with E-state index in [0.29, 0.717) is 11.5 Å². The van der Waals surface area contributed by atoms with E-state index in [0.717, 1.165) is 31.2 Å². The summed E-state index contributed by atoms with van der Waals surface area (Å²) in [4.78, 5) is 27.6. The molecule has 0 heterocycles. The Kier molecular flexibility index (Phi) is 7.86. The first kappa shape index (κ1) is 22.3. The fraction of sp³-hybridized carbons (Fsp3) is 0.417. The molecule has 1 aliphatic carbocycles. The molecule has 0 saturated heterocycles. The number of amides is 2. The molecule has 1 aliphatic rings. The minimum atomic E-state index is -0.878. The van der Waals surface area contributed by atoms with Crippen LogP contribution >= 0.6 is 11.6 Å². The van der Waals surface area contributed by atoms with Gasteiger partial charge in [0.25, 0.3) is 0 Å². The van der Waals surface area contributed by atoms with Gasteiger partial charge in [0.15, 0.2) is 0 Å². The van der Waals surface area contributed by atoms with Gasteiger partial charge in [0.1, 0.15) is 17.7 Å². The molecule has 0 aliphatic heterocycles. The maximum atomic E-state index is 13.5. The average Bonchev–Trinajstić information content (AvgIpc) is 2.76. The molecule has 2 aromatic carbocycles. The molecule has 2 amide bonds. The fourth-order valence-corrected chi connectivity index (χ4v) is 4.14. The van der Waals surface area contributed by atoms with Crippen molar-refractivity contribution < 1.29 is 14.0 Å². The molecule has 1 atom stereocenters. The Morgan fingerprint density at radius 2 is 1.70 bits per heavy atom. The highest BCUT2D eigenvalue weighted by Gasteiger charge is 2.33. The van der Waals surface area contributed by atoms with Crippen LogP contribution in [0.15, 0.2) is 54.6 Å². The van der Waals surface area contributed by atoms with Gasteiger partial charge in [0, 0.05) is 12.6 Å². The van der Waals surface area contributed by atoms with E-state index in [4.69, 9.17) is 11.6 Å². The number of nitrogens with zero attached hydrogens (tertiary/aromatic N) is 1. The molecule has 0 bridgehead atoms. The number of halogens is 2. The Morgan fingerprint density at radius 1 is 1.07 bits per heavy atom. The lowest BCUT2D eigenvalue weighted by molar-refractivity contribution is -0.140. The Labute approximate surface area is 182 Å². The molecule has 3 rings (SSSR count). The average molecular weight is 431 g/mol. The van der Waals surface area contributed by atoms with Crippen LogP contribution in [-0.4, -0.2) is 28.6 Å². The second-order valence-electron chi connectivity index (χ2n) is 8.06. The minimum absolute atomic E-state index is 0.0846. The lowest BCUT2D eigenvalue weighted by atomic mass is 9.87. The number of carbonyl (C=O) groups excluding carboxylic acids is 2. The number of carbonyl (C=O) groups is 2. The molecular formula is C24H28ClFN2O2. The van der Waals surface area contributed by atoms with E-state index < -0.39 is 11.9 Å². The quantitative estimate of drug-likeness (QED) is 0.639. The topological polar surface area (TPSA) is 49.4 Å². The van der Waals surface area contributed by atoms with Gasteiger partial charge in [0.05, 0.1) is 0 Å². The van der Waals surface area contributed by atoms with Crippen LogP contribution in [0.4, 0.5) is 4.39 Å². The van der Waals surface area contributed by atoms with E-state index in [2.05, 4.69) is 12.2 Å². The molecule has 4 nitrogen and oxygen atoms in total. The van der Waals surface area contributed by atoms with Crippen LogP contribution in [0.3, 0.4) is 0 Å². The van der Waals surface area contributed by atoms with E-state index in [1.165, 1.54) is 17.0 Å². The second kappa shape index (κ2) is 10.6. The van der Waals surface area contributed by atoms with Gasteiger partial charge in [-0.3, -0.25) is 9.59 Å². The zero-order chi connectivity index (χ0) is 21.5. The van der Waals surface area contributed by atoms with Crippen molar-refractivity contribution in [2.24, 2.45) is 5.92 Å². The van der Waals surface area contributed by atoms with Crippen LogP contribution in [0.1, 0.15) is 49.8 Å². The van der Waals surface area contributed by atoms with Crippen molar-refractivity contribution in [2.45, 2.75) is 51.2 Å². The number of hydrogen-bond acceptors (Lipinski definition) is 2. The maximum Gasteiger partial charge on any atom is 0.247 e. The molecule has 0 unspecified atom stereocenters. The monoisotopic (exact) mass is 430 g/mol. The molecule has 30 heavy (non-hydrogen) atoms. The summed E-state index contributed by atoms with van der Waals surface area (Å²) in [5.74, 6) is -0.563. The van der Waals surface area contributed by atoms with Crippen LogP contribution in [0.5, 0.6) is 0 Å². The SMILES string of the molecule is CC1CCC(NC(=O)[C@H](c2ccc(F)cc2)N(Cc2ccccc2)C(=O)CCl)CC1. The lowest BCUT2D eigenvalue weighted by Gasteiger charge is -2.34. The van der Waals surface area contributed by atoms with Gasteiger partial charge in [0.2, 0.25) is 11.8 Å². The number of hydrogen-bond donors (Lipinski definition) is 1. The van der Waals surface area contributed by atoms with Crippen LogP contribution in [0, 0.1) is 11.7 Å². The van der Waals surface area contributed by atoms with Crippen LogP contribution < -0.4 is 5.32 Å². The van der Waals surface area contributed by atoms with Crippen LogP contribution in [-0.2, 0) is 16.1 Å². The van der Waals surface area contributed by atoms with Crippen LogP contribution in [0.2, 0.25) is 0 Å². The minimum Gasteiger partial charge on any atom is -0.351 e. The normalized spacial score (nSPS) is 19.7. The van der Waals surface area contributed by atoms with E-state index in [-0.39, 0.29) is 30.3 Å². The molecule has 6 heteroatoms. The van der Waals surface area contributed by atoms with Crippen molar-refractivity contribution in [3.05, 3.63) is 71.5 Å². The molecular weight excluding hydrogens is 403 g/mol. The molecule has 0 aromatic heterocycles. The Morgan fingerprint density at radius 3 is 2.30 bits per heavy atom. The number of nitrogens with one attached hydrogen (secondary N) is 1. The Balaban J connectivity index is 1.90. The predicted octanol–water partition coefficient (Wildman–Crippen LogP) is 4.83. The van der Waals surface area contributed by atoms with Crippen molar-refractivity contribution >= 4 is 23.4 Å². The number of benzene rings is 2. The maximum absolute atomic E-state index is 13.5. The first-order valence-corrected chi connectivity index (χ1v) is 11.0. The number of alkyl halides is 1. The molecule has 160 valence electrons. The summed E-state index contributed by atoms with van der Waals surface area (Å²) in [5.41, 5.74) is 1.45. The molecule has 1 fully saturated rings. The van der Waals surface area contributed by atoms with Gasteiger partial charge < -0.3 is 10.2 Å². The van der Waals surface area contributed by atoms with Crippen molar-refractivity contribution in [3.63, 3.8) is 0 Å². The zero-order valence-electron chi connectivity index (χ0n) is 17.2. The summed E-state index contributed by atoms with van der Waals surface area (Å²) in [5, 5.41) is 3.13. The van der Waals surface area contributed by atoms with E-state index >= 15 is 0 Å². The summed E-state index contributed by atoms with van der Waals surface area (Å²) < 4.78 is 13.5.